The van der Waals surface area contributed by atoms with Crippen LogP contribution in [-0.4, -0.2) is 29.9 Å². The molecule has 1 aliphatic heterocycles. The summed E-state index contributed by atoms with van der Waals surface area (Å²) < 4.78 is 0. The van der Waals surface area contributed by atoms with Gasteiger partial charge in [-0.1, -0.05) is 30.1 Å². The third kappa shape index (κ3) is 2.00. The van der Waals surface area contributed by atoms with E-state index >= 15 is 0 Å². The molecule has 96 valence electrons. The van der Waals surface area contributed by atoms with Gasteiger partial charge in [0.25, 0.3) is 11.7 Å². The lowest BCUT2D eigenvalue weighted by molar-refractivity contribution is -0.114. The molecule has 0 saturated carbocycles. The topological polar surface area (TPSA) is 57.6 Å². The first-order chi connectivity index (χ1) is 8.47. The fourth-order valence-electron chi connectivity index (χ4n) is 1.90. The van der Waals surface area contributed by atoms with Crippen LogP contribution in [-0.2, 0) is 4.79 Å². The first-order valence-electron chi connectivity index (χ1n) is 5.42. The molecule has 2 rings (SSSR count). The zero-order valence-electron chi connectivity index (χ0n) is 9.61. The van der Waals surface area contributed by atoms with Crippen LogP contribution in [0.15, 0.2) is 12.1 Å². The molecule has 6 heteroatoms. The standard InChI is InChI=1S/C12H11Cl2NO3/c1-6(5-16)4-15-10-8(14)3-2-7(13)9(10)11(17)12(15)18/h2-3,6,16H,4-5H2,1H3. The molecule has 1 heterocycles. The maximum Gasteiger partial charge on any atom is 0.299 e. The lowest BCUT2D eigenvalue weighted by Crippen LogP contribution is -2.34. The summed E-state index contributed by atoms with van der Waals surface area (Å²) in [6.07, 6.45) is 0. The minimum Gasteiger partial charge on any atom is -0.396 e. The van der Waals surface area contributed by atoms with E-state index in [2.05, 4.69) is 0 Å². The Kier molecular flexibility index (Phi) is 3.61. The van der Waals surface area contributed by atoms with Gasteiger partial charge in [-0.2, -0.15) is 0 Å². The number of ketones is 1. The van der Waals surface area contributed by atoms with Crippen molar-refractivity contribution in [2.24, 2.45) is 5.92 Å². The summed E-state index contributed by atoms with van der Waals surface area (Å²) in [5.41, 5.74) is 0.499. The number of aliphatic hydroxyl groups is 1. The average Bonchev–Trinajstić information content (AvgIpc) is 2.60. The molecule has 0 aliphatic carbocycles. The highest BCUT2D eigenvalue weighted by Crippen LogP contribution is 2.40. The molecule has 0 spiro atoms. The van der Waals surface area contributed by atoms with Crippen molar-refractivity contribution in [2.45, 2.75) is 6.92 Å². The normalized spacial score (nSPS) is 16.1. The maximum absolute atomic E-state index is 11.9. The number of benzene rings is 1. The van der Waals surface area contributed by atoms with Crippen molar-refractivity contribution in [3.63, 3.8) is 0 Å². The molecule has 0 fully saturated rings. The number of aliphatic hydroxyl groups excluding tert-OH is 1. The van der Waals surface area contributed by atoms with Crippen molar-refractivity contribution in [3.8, 4) is 0 Å². The molecule has 1 amide bonds. The zero-order valence-corrected chi connectivity index (χ0v) is 11.1. The van der Waals surface area contributed by atoms with E-state index in [1.165, 1.54) is 11.0 Å². The Morgan fingerprint density at radius 2 is 1.89 bits per heavy atom. The zero-order chi connectivity index (χ0) is 13.4. The van der Waals surface area contributed by atoms with Crippen LogP contribution in [0.4, 0.5) is 5.69 Å². The highest BCUT2D eigenvalue weighted by molar-refractivity contribution is 6.56. The quantitative estimate of drug-likeness (QED) is 0.867. The molecular weight excluding hydrogens is 277 g/mol. The average molecular weight is 288 g/mol. The lowest BCUT2D eigenvalue weighted by atomic mass is 10.1. The van der Waals surface area contributed by atoms with Crippen LogP contribution in [0.2, 0.25) is 10.0 Å². The monoisotopic (exact) mass is 287 g/mol. The summed E-state index contributed by atoms with van der Waals surface area (Å²) in [5.74, 6) is -1.45. The molecule has 1 aromatic carbocycles. The van der Waals surface area contributed by atoms with E-state index in [1.54, 1.807) is 13.0 Å². The van der Waals surface area contributed by atoms with Crippen LogP contribution in [0.1, 0.15) is 17.3 Å². The second-order valence-corrected chi connectivity index (χ2v) is 5.10. The van der Waals surface area contributed by atoms with Crippen molar-refractivity contribution >= 4 is 40.6 Å². The summed E-state index contributed by atoms with van der Waals surface area (Å²) in [6, 6.07) is 3.04. The summed E-state index contributed by atoms with van der Waals surface area (Å²) in [5, 5.41) is 9.56. The maximum atomic E-state index is 11.9. The van der Waals surface area contributed by atoms with Crippen LogP contribution in [0.25, 0.3) is 0 Å². The first-order valence-corrected chi connectivity index (χ1v) is 6.18. The lowest BCUT2D eigenvalue weighted by Gasteiger charge is -2.20. The van der Waals surface area contributed by atoms with Crippen molar-refractivity contribution in [3.05, 3.63) is 27.7 Å². The molecule has 0 radical (unpaired) electrons. The van der Waals surface area contributed by atoms with Gasteiger partial charge in [-0.25, -0.2) is 0 Å². The Morgan fingerprint density at radius 3 is 2.50 bits per heavy atom. The van der Waals surface area contributed by atoms with E-state index in [1.807, 2.05) is 0 Å². The fourth-order valence-corrected chi connectivity index (χ4v) is 2.39. The number of Topliss-reactive ketones (excluding diaryl/α,β-unsaturated/α-hetero) is 1. The third-order valence-corrected chi connectivity index (χ3v) is 3.44. The Bertz CT molecular complexity index is 530. The van der Waals surface area contributed by atoms with E-state index in [9.17, 15) is 9.59 Å². The van der Waals surface area contributed by atoms with E-state index in [0.29, 0.717) is 10.7 Å². The van der Waals surface area contributed by atoms with Crippen molar-refractivity contribution in [1.82, 2.24) is 0 Å². The van der Waals surface area contributed by atoms with E-state index in [4.69, 9.17) is 28.3 Å². The predicted octanol–water partition coefficient (Wildman–Crippen LogP) is 2.15. The van der Waals surface area contributed by atoms with Crippen LogP contribution >= 0.6 is 23.2 Å². The number of carbonyl (C=O) groups is 2. The van der Waals surface area contributed by atoms with E-state index < -0.39 is 11.7 Å². The van der Waals surface area contributed by atoms with Crippen LogP contribution in [0, 0.1) is 5.92 Å². The number of carbonyl (C=O) groups excluding carboxylic acids is 2. The summed E-state index contributed by atoms with van der Waals surface area (Å²) >= 11 is 12.0. The van der Waals surface area contributed by atoms with E-state index in [-0.39, 0.29) is 29.7 Å². The molecule has 18 heavy (non-hydrogen) atoms. The van der Waals surface area contributed by atoms with Gasteiger partial charge in [0.2, 0.25) is 0 Å². The van der Waals surface area contributed by atoms with Gasteiger partial charge in [0.1, 0.15) is 0 Å². The Hall–Kier alpha value is -1.10. The number of amides is 1. The van der Waals surface area contributed by atoms with Crippen LogP contribution in [0.3, 0.4) is 0 Å². The van der Waals surface area contributed by atoms with Gasteiger partial charge < -0.3 is 10.0 Å². The van der Waals surface area contributed by atoms with Gasteiger partial charge in [-0.15, -0.1) is 0 Å². The smallest absolute Gasteiger partial charge is 0.299 e. The molecule has 1 unspecified atom stereocenters. The largest absolute Gasteiger partial charge is 0.396 e. The van der Waals surface area contributed by atoms with Gasteiger partial charge >= 0.3 is 0 Å². The number of hydrogen-bond donors (Lipinski definition) is 1. The van der Waals surface area contributed by atoms with Crippen molar-refractivity contribution < 1.29 is 14.7 Å². The van der Waals surface area contributed by atoms with Gasteiger partial charge in [0, 0.05) is 13.2 Å². The third-order valence-electron chi connectivity index (χ3n) is 2.82. The molecule has 4 nitrogen and oxygen atoms in total. The highest BCUT2D eigenvalue weighted by Gasteiger charge is 2.39. The van der Waals surface area contributed by atoms with Gasteiger partial charge in [0.15, 0.2) is 0 Å². The number of halogens is 2. The molecule has 1 aliphatic rings. The highest BCUT2D eigenvalue weighted by atomic mass is 35.5. The summed E-state index contributed by atoms with van der Waals surface area (Å²) in [7, 11) is 0. The molecule has 1 atom stereocenters. The molecule has 0 bridgehead atoms. The van der Waals surface area contributed by atoms with Crippen LogP contribution in [0.5, 0.6) is 0 Å². The van der Waals surface area contributed by atoms with Gasteiger partial charge in [-0.3, -0.25) is 9.59 Å². The Labute approximate surface area is 114 Å². The molecule has 0 saturated heterocycles. The van der Waals surface area contributed by atoms with Crippen molar-refractivity contribution in [2.75, 3.05) is 18.1 Å². The van der Waals surface area contributed by atoms with Gasteiger partial charge in [-0.05, 0) is 18.1 Å². The number of hydrogen-bond acceptors (Lipinski definition) is 3. The second-order valence-electron chi connectivity index (χ2n) is 4.29. The number of rotatable bonds is 3. The predicted molar refractivity (Wildman–Crippen MR) is 69.4 cm³/mol. The number of anilines is 1. The first kappa shape index (κ1) is 13.3. The van der Waals surface area contributed by atoms with E-state index in [0.717, 1.165) is 0 Å². The minimum atomic E-state index is -0.653. The molecular formula is C12H11Cl2NO3. The SMILES string of the molecule is CC(CO)CN1C(=O)C(=O)c2c(Cl)ccc(Cl)c21. The molecule has 0 aromatic heterocycles. The molecule has 1 N–H and O–H groups in total. The molecule has 1 aromatic rings. The summed E-state index contributed by atoms with van der Waals surface area (Å²) in [6.45, 7) is 1.92. The Morgan fingerprint density at radius 1 is 1.28 bits per heavy atom. The fraction of sp³-hybridized carbons (Fsp3) is 0.333. The van der Waals surface area contributed by atoms with Crippen molar-refractivity contribution in [1.29, 1.82) is 0 Å². The van der Waals surface area contributed by atoms with Crippen LogP contribution < -0.4 is 4.90 Å². The number of fused-ring (bicyclic) bond motifs is 1. The Balaban J connectivity index is 2.51. The summed E-state index contributed by atoms with van der Waals surface area (Å²) in [4.78, 5) is 25.0. The second kappa shape index (κ2) is 4.88. The minimum absolute atomic E-state index is 0.0779. The number of nitrogens with zero attached hydrogens (tertiary/aromatic N) is 1. The van der Waals surface area contributed by atoms with Gasteiger partial charge in [0.05, 0.1) is 21.3 Å².